The standard InChI is InChI=1S/C42H26N4O2/c1-2-9-28-22-29(21-18-25(28)8-1)26-16-19-27(20-17-26)40-44-41(32-12-7-15-36-38(32)30-10-3-5-13-34(30)47-36)46-42(45-40)33-23-43-24-37-39(33)31-11-4-6-14-35(31)48-37/h1-24,41H,(H,44,45,46). The largest absolute Gasteiger partial charge is 0.456 e. The molecule has 0 fully saturated rings. The third-order valence-corrected chi connectivity index (χ3v) is 9.24. The Labute approximate surface area is 274 Å². The van der Waals surface area contributed by atoms with Gasteiger partial charge >= 0.3 is 0 Å². The second-order valence-electron chi connectivity index (χ2n) is 12.1. The van der Waals surface area contributed by atoms with E-state index in [1.165, 1.54) is 10.8 Å². The number of fused-ring (bicyclic) bond motifs is 7. The lowest BCUT2D eigenvalue weighted by molar-refractivity contribution is 0.662. The zero-order valence-corrected chi connectivity index (χ0v) is 25.6. The van der Waals surface area contributed by atoms with Crippen molar-refractivity contribution in [1.82, 2.24) is 10.3 Å². The van der Waals surface area contributed by atoms with Crippen molar-refractivity contribution < 1.29 is 8.83 Å². The van der Waals surface area contributed by atoms with Gasteiger partial charge in [-0.05, 0) is 46.2 Å². The highest BCUT2D eigenvalue weighted by Crippen LogP contribution is 2.37. The molecule has 0 aliphatic carbocycles. The van der Waals surface area contributed by atoms with Crippen LogP contribution in [0.5, 0.6) is 0 Å². The molecule has 0 amide bonds. The maximum Gasteiger partial charge on any atom is 0.159 e. The average Bonchev–Trinajstić information content (AvgIpc) is 3.73. The van der Waals surface area contributed by atoms with Crippen molar-refractivity contribution in [3.63, 3.8) is 0 Å². The highest BCUT2D eigenvalue weighted by Gasteiger charge is 2.26. The van der Waals surface area contributed by atoms with E-state index in [0.29, 0.717) is 17.3 Å². The second kappa shape index (κ2) is 10.5. The molecule has 0 spiro atoms. The van der Waals surface area contributed by atoms with Crippen LogP contribution in [0.2, 0.25) is 0 Å². The fourth-order valence-electron chi connectivity index (χ4n) is 6.94. The summed E-state index contributed by atoms with van der Waals surface area (Å²) in [5, 5.41) is 10.2. The van der Waals surface area contributed by atoms with Gasteiger partial charge in [0.25, 0.3) is 0 Å². The van der Waals surface area contributed by atoms with Crippen LogP contribution in [0.1, 0.15) is 22.9 Å². The first-order valence-corrected chi connectivity index (χ1v) is 16.0. The molecule has 0 saturated heterocycles. The molecule has 0 radical (unpaired) electrons. The lowest BCUT2D eigenvalue weighted by Crippen LogP contribution is -2.33. The number of nitrogens with one attached hydrogen (secondary N) is 1. The first kappa shape index (κ1) is 26.7. The van der Waals surface area contributed by atoms with Gasteiger partial charge < -0.3 is 14.2 Å². The Morgan fingerprint density at radius 2 is 1.19 bits per heavy atom. The Hall–Kier alpha value is -6.53. The van der Waals surface area contributed by atoms with Crippen LogP contribution in [0.4, 0.5) is 0 Å². The van der Waals surface area contributed by atoms with E-state index >= 15 is 0 Å². The molecule has 9 aromatic rings. The summed E-state index contributed by atoms with van der Waals surface area (Å²) in [4.78, 5) is 15.0. The Balaban J connectivity index is 1.14. The van der Waals surface area contributed by atoms with Gasteiger partial charge in [0.2, 0.25) is 0 Å². The molecule has 3 aromatic heterocycles. The van der Waals surface area contributed by atoms with E-state index in [9.17, 15) is 0 Å². The maximum atomic E-state index is 6.26. The van der Waals surface area contributed by atoms with Crippen LogP contribution in [0.3, 0.4) is 0 Å². The monoisotopic (exact) mass is 618 g/mol. The van der Waals surface area contributed by atoms with E-state index in [1.54, 1.807) is 6.20 Å². The molecule has 1 aliphatic heterocycles. The minimum Gasteiger partial charge on any atom is -0.456 e. The van der Waals surface area contributed by atoms with Gasteiger partial charge in [-0.25, -0.2) is 9.98 Å². The number of benzene rings is 6. The first-order chi connectivity index (χ1) is 23.8. The van der Waals surface area contributed by atoms with Gasteiger partial charge in [-0.3, -0.25) is 4.98 Å². The molecule has 0 bridgehead atoms. The summed E-state index contributed by atoms with van der Waals surface area (Å²) in [7, 11) is 0. The van der Waals surface area contributed by atoms with Crippen molar-refractivity contribution in [2.45, 2.75) is 6.17 Å². The smallest absolute Gasteiger partial charge is 0.159 e. The van der Waals surface area contributed by atoms with Crippen molar-refractivity contribution in [1.29, 1.82) is 0 Å². The lowest BCUT2D eigenvalue weighted by atomic mass is 9.99. The summed E-state index contributed by atoms with van der Waals surface area (Å²) < 4.78 is 12.5. The maximum absolute atomic E-state index is 6.26. The van der Waals surface area contributed by atoms with Crippen LogP contribution in [-0.2, 0) is 0 Å². The number of aliphatic imine (C=N–C) groups is 2. The number of nitrogens with zero attached hydrogens (tertiary/aromatic N) is 3. The van der Waals surface area contributed by atoms with Crippen molar-refractivity contribution in [2.75, 3.05) is 0 Å². The molecule has 6 heteroatoms. The number of amidine groups is 2. The third-order valence-electron chi connectivity index (χ3n) is 9.24. The summed E-state index contributed by atoms with van der Waals surface area (Å²) in [5.74, 6) is 1.31. The Bertz CT molecular complexity index is 2770. The van der Waals surface area contributed by atoms with Gasteiger partial charge in [0.1, 0.15) is 28.8 Å². The van der Waals surface area contributed by atoms with Gasteiger partial charge in [-0.15, -0.1) is 0 Å². The van der Waals surface area contributed by atoms with Crippen LogP contribution in [0.25, 0.3) is 65.8 Å². The zero-order chi connectivity index (χ0) is 31.6. The number of rotatable bonds is 4. The van der Waals surface area contributed by atoms with Crippen LogP contribution in [-0.4, -0.2) is 16.7 Å². The first-order valence-electron chi connectivity index (χ1n) is 16.0. The number of furan rings is 2. The summed E-state index contributed by atoms with van der Waals surface area (Å²) in [6, 6.07) is 45.8. The summed E-state index contributed by atoms with van der Waals surface area (Å²) in [5.41, 5.74) is 8.26. The van der Waals surface area contributed by atoms with Crippen LogP contribution < -0.4 is 5.32 Å². The predicted molar refractivity (Wildman–Crippen MR) is 194 cm³/mol. The molecule has 48 heavy (non-hydrogen) atoms. The molecule has 226 valence electrons. The summed E-state index contributed by atoms with van der Waals surface area (Å²) >= 11 is 0. The Kier molecular flexibility index (Phi) is 5.84. The number of para-hydroxylation sites is 2. The molecule has 1 atom stereocenters. The molecule has 1 unspecified atom stereocenters. The highest BCUT2D eigenvalue weighted by atomic mass is 16.3. The Morgan fingerprint density at radius 3 is 2.02 bits per heavy atom. The number of aromatic nitrogens is 1. The van der Waals surface area contributed by atoms with E-state index in [0.717, 1.165) is 66.1 Å². The van der Waals surface area contributed by atoms with Crippen LogP contribution in [0, 0.1) is 0 Å². The van der Waals surface area contributed by atoms with E-state index in [2.05, 4.69) is 95.2 Å². The van der Waals surface area contributed by atoms with Crippen molar-refractivity contribution in [3.8, 4) is 11.1 Å². The van der Waals surface area contributed by atoms with Crippen molar-refractivity contribution >= 4 is 66.3 Å². The average molecular weight is 619 g/mol. The lowest BCUT2D eigenvalue weighted by Gasteiger charge is -2.24. The SMILES string of the molecule is c1ccc2cc(-c3ccc(C4=NC(c5cccc6oc7ccccc7c56)NC(c5cncc6oc7ccccc7c56)=N4)cc3)ccc2c1. The van der Waals surface area contributed by atoms with Crippen LogP contribution in [0.15, 0.2) is 165 Å². The molecule has 4 heterocycles. The molecule has 10 rings (SSSR count). The molecule has 1 aliphatic rings. The predicted octanol–water partition coefficient (Wildman–Crippen LogP) is 10.2. The second-order valence-corrected chi connectivity index (χ2v) is 12.1. The molecule has 6 nitrogen and oxygen atoms in total. The van der Waals surface area contributed by atoms with Gasteiger partial charge in [0, 0.05) is 44.4 Å². The Morgan fingerprint density at radius 1 is 0.521 bits per heavy atom. The molecule has 6 aromatic carbocycles. The fraction of sp³-hybridized carbons (Fsp3) is 0.0238. The number of hydrogen-bond acceptors (Lipinski definition) is 6. The summed E-state index contributed by atoms with van der Waals surface area (Å²) in [6.45, 7) is 0. The van der Waals surface area contributed by atoms with E-state index in [4.69, 9.17) is 18.8 Å². The van der Waals surface area contributed by atoms with Crippen molar-refractivity contribution in [3.05, 3.63) is 163 Å². The summed E-state index contributed by atoms with van der Waals surface area (Å²) in [6.07, 6.45) is 3.18. The van der Waals surface area contributed by atoms with Gasteiger partial charge in [0.05, 0.1) is 6.20 Å². The molecule has 1 N–H and O–H groups in total. The third kappa shape index (κ3) is 4.23. The van der Waals surface area contributed by atoms with Gasteiger partial charge in [0.15, 0.2) is 11.4 Å². The topological polar surface area (TPSA) is 75.9 Å². The fourth-order valence-corrected chi connectivity index (χ4v) is 6.94. The van der Waals surface area contributed by atoms with Crippen molar-refractivity contribution in [2.24, 2.45) is 9.98 Å². The minimum atomic E-state index is -0.439. The zero-order valence-electron chi connectivity index (χ0n) is 25.6. The van der Waals surface area contributed by atoms with E-state index < -0.39 is 6.17 Å². The van der Waals surface area contributed by atoms with E-state index in [-0.39, 0.29) is 0 Å². The minimum absolute atomic E-state index is 0.439. The quantitative estimate of drug-likeness (QED) is 0.213. The van der Waals surface area contributed by atoms with Crippen LogP contribution >= 0.6 is 0 Å². The van der Waals surface area contributed by atoms with Gasteiger partial charge in [-0.1, -0.05) is 109 Å². The normalized spacial score (nSPS) is 14.9. The molecule has 0 saturated carbocycles. The number of pyridine rings is 1. The molecular formula is C42H26N4O2. The highest BCUT2D eigenvalue weighted by molar-refractivity contribution is 6.21. The molecular weight excluding hydrogens is 592 g/mol. The number of hydrogen-bond donors (Lipinski definition) is 1. The van der Waals surface area contributed by atoms with E-state index in [1.807, 2.05) is 54.7 Å². The van der Waals surface area contributed by atoms with Gasteiger partial charge in [-0.2, -0.15) is 0 Å².